The third-order valence-electron chi connectivity index (χ3n) is 4.18. The molecule has 1 aliphatic carbocycles. The highest BCUT2D eigenvalue weighted by molar-refractivity contribution is 7.07. The lowest BCUT2D eigenvalue weighted by atomic mass is 10.1. The van der Waals surface area contributed by atoms with E-state index in [-0.39, 0.29) is 0 Å². The van der Waals surface area contributed by atoms with Crippen LogP contribution in [0.25, 0.3) is 11.1 Å². The van der Waals surface area contributed by atoms with Crippen molar-refractivity contribution in [2.75, 3.05) is 6.54 Å². The molecule has 1 aromatic heterocycles. The van der Waals surface area contributed by atoms with E-state index < -0.39 is 0 Å². The molecule has 1 nitrogen and oxygen atoms in total. The number of benzene rings is 2. The third-order valence-corrected chi connectivity index (χ3v) is 4.91. The number of hydrogen-bond acceptors (Lipinski definition) is 2. The summed E-state index contributed by atoms with van der Waals surface area (Å²) in [5.74, 6) is 0. The van der Waals surface area contributed by atoms with E-state index in [1.54, 1.807) is 11.3 Å². The molecule has 1 aliphatic rings. The Labute approximate surface area is 129 Å². The average Bonchev–Trinajstić information content (AvgIpc) is 3.15. The van der Waals surface area contributed by atoms with E-state index in [9.17, 15) is 0 Å². The van der Waals surface area contributed by atoms with Gasteiger partial charge in [-0.15, -0.1) is 0 Å². The molecule has 0 aliphatic heterocycles. The molecule has 0 unspecified atom stereocenters. The van der Waals surface area contributed by atoms with Gasteiger partial charge in [0.1, 0.15) is 0 Å². The van der Waals surface area contributed by atoms with Gasteiger partial charge in [0.15, 0.2) is 0 Å². The standard InChI is InChI=1S/C19H17NS/c1-3-7-17-15(5-1)16-6-2-4-8-18(16)19(17)20-11-9-14-10-12-21-13-14/h1-8,10,12-13,19-20H,9,11H2. The molecule has 0 saturated heterocycles. The van der Waals surface area contributed by atoms with Crippen molar-refractivity contribution in [2.24, 2.45) is 0 Å². The molecular weight excluding hydrogens is 274 g/mol. The first-order valence-corrected chi connectivity index (χ1v) is 8.30. The van der Waals surface area contributed by atoms with Gasteiger partial charge in [0.05, 0.1) is 6.04 Å². The van der Waals surface area contributed by atoms with Crippen molar-refractivity contribution >= 4 is 11.3 Å². The first kappa shape index (κ1) is 12.8. The van der Waals surface area contributed by atoms with Crippen molar-refractivity contribution < 1.29 is 0 Å². The van der Waals surface area contributed by atoms with E-state index in [0.29, 0.717) is 6.04 Å². The minimum absolute atomic E-state index is 0.330. The fourth-order valence-corrected chi connectivity index (χ4v) is 3.87. The van der Waals surface area contributed by atoms with Crippen LogP contribution in [0.3, 0.4) is 0 Å². The summed E-state index contributed by atoms with van der Waals surface area (Å²) in [6.07, 6.45) is 1.09. The van der Waals surface area contributed by atoms with E-state index in [2.05, 4.69) is 70.7 Å². The highest BCUT2D eigenvalue weighted by Crippen LogP contribution is 2.42. The number of thiophene rings is 1. The Hall–Kier alpha value is -1.90. The fourth-order valence-electron chi connectivity index (χ4n) is 3.17. The molecule has 4 rings (SSSR count). The Morgan fingerprint density at radius 2 is 1.52 bits per heavy atom. The van der Waals surface area contributed by atoms with Gasteiger partial charge in [-0.25, -0.2) is 0 Å². The van der Waals surface area contributed by atoms with Gasteiger partial charge < -0.3 is 5.32 Å². The summed E-state index contributed by atoms with van der Waals surface area (Å²) in [5, 5.41) is 8.12. The predicted octanol–water partition coefficient (Wildman–Crippen LogP) is 4.65. The van der Waals surface area contributed by atoms with Crippen LogP contribution in [-0.4, -0.2) is 6.54 Å². The first-order valence-electron chi connectivity index (χ1n) is 7.36. The van der Waals surface area contributed by atoms with Gasteiger partial charge in [-0.3, -0.25) is 0 Å². The Morgan fingerprint density at radius 3 is 2.14 bits per heavy atom. The van der Waals surface area contributed by atoms with E-state index >= 15 is 0 Å². The lowest BCUT2D eigenvalue weighted by Crippen LogP contribution is -2.23. The smallest absolute Gasteiger partial charge is 0.0589 e. The quantitative estimate of drug-likeness (QED) is 0.738. The van der Waals surface area contributed by atoms with Crippen LogP contribution in [0.15, 0.2) is 65.4 Å². The maximum Gasteiger partial charge on any atom is 0.0589 e. The van der Waals surface area contributed by atoms with Crippen molar-refractivity contribution in [3.8, 4) is 11.1 Å². The summed E-state index contributed by atoms with van der Waals surface area (Å²) < 4.78 is 0. The van der Waals surface area contributed by atoms with Gasteiger partial charge in [0.2, 0.25) is 0 Å². The number of rotatable bonds is 4. The summed E-state index contributed by atoms with van der Waals surface area (Å²) >= 11 is 1.77. The molecule has 0 radical (unpaired) electrons. The predicted molar refractivity (Wildman–Crippen MR) is 89.7 cm³/mol. The van der Waals surface area contributed by atoms with Gasteiger partial charge in [-0.1, -0.05) is 48.5 Å². The summed E-state index contributed by atoms with van der Waals surface area (Å²) in [5.41, 5.74) is 6.99. The van der Waals surface area contributed by atoms with E-state index in [1.807, 2.05) is 0 Å². The Bertz CT molecular complexity index is 700. The normalized spacial score (nSPS) is 13.1. The zero-order valence-electron chi connectivity index (χ0n) is 11.8. The van der Waals surface area contributed by atoms with Crippen molar-refractivity contribution in [2.45, 2.75) is 12.5 Å². The molecule has 0 saturated carbocycles. The fraction of sp³-hybridized carbons (Fsp3) is 0.158. The van der Waals surface area contributed by atoms with Crippen molar-refractivity contribution in [3.05, 3.63) is 82.0 Å². The number of hydrogen-bond donors (Lipinski definition) is 1. The monoisotopic (exact) mass is 291 g/mol. The topological polar surface area (TPSA) is 12.0 Å². The molecule has 2 heteroatoms. The number of nitrogens with one attached hydrogen (secondary N) is 1. The van der Waals surface area contributed by atoms with Crippen LogP contribution in [0.1, 0.15) is 22.7 Å². The van der Waals surface area contributed by atoms with Crippen molar-refractivity contribution in [1.82, 2.24) is 5.32 Å². The third kappa shape index (κ3) is 2.31. The van der Waals surface area contributed by atoms with Crippen LogP contribution in [0.4, 0.5) is 0 Å². The summed E-state index contributed by atoms with van der Waals surface area (Å²) in [4.78, 5) is 0. The zero-order chi connectivity index (χ0) is 14.1. The second-order valence-corrected chi connectivity index (χ2v) is 6.22. The highest BCUT2D eigenvalue weighted by atomic mass is 32.1. The Balaban J connectivity index is 1.59. The molecule has 3 aromatic rings. The van der Waals surface area contributed by atoms with Gasteiger partial charge in [-0.2, -0.15) is 11.3 Å². The molecule has 104 valence electrons. The van der Waals surface area contributed by atoms with Gasteiger partial charge >= 0.3 is 0 Å². The molecule has 0 bridgehead atoms. The minimum Gasteiger partial charge on any atom is -0.306 e. The van der Waals surface area contributed by atoms with Crippen LogP contribution < -0.4 is 5.32 Å². The second-order valence-electron chi connectivity index (χ2n) is 5.44. The molecule has 2 aromatic carbocycles. The van der Waals surface area contributed by atoms with Crippen LogP contribution in [0.2, 0.25) is 0 Å². The summed E-state index contributed by atoms with van der Waals surface area (Å²) in [6, 6.07) is 20.0. The van der Waals surface area contributed by atoms with Gasteiger partial charge in [0.25, 0.3) is 0 Å². The van der Waals surface area contributed by atoms with E-state index in [1.165, 1.54) is 27.8 Å². The van der Waals surface area contributed by atoms with E-state index in [0.717, 1.165) is 13.0 Å². The lowest BCUT2D eigenvalue weighted by Gasteiger charge is -2.15. The largest absolute Gasteiger partial charge is 0.306 e. The highest BCUT2D eigenvalue weighted by Gasteiger charge is 2.27. The number of fused-ring (bicyclic) bond motifs is 3. The summed E-state index contributed by atoms with van der Waals surface area (Å²) in [7, 11) is 0. The van der Waals surface area contributed by atoms with Crippen LogP contribution in [-0.2, 0) is 6.42 Å². The van der Waals surface area contributed by atoms with Gasteiger partial charge in [-0.05, 0) is 51.1 Å². The minimum atomic E-state index is 0.330. The Kier molecular flexibility index (Phi) is 3.34. The molecule has 0 amide bonds. The SMILES string of the molecule is c1ccc2c(c1)-c1ccccc1C2NCCc1ccsc1. The molecule has 1 N–H and O–H groups in total. The van der Waals surface area contributed by atoms with Crippen LogP contribution in [0, 0.1) is 0 Å². The molecule has 0 atom stereocenters. The van der Waals surface area contributed by atoms with Gasteiger partial charge in [0, 0.05) is 6.54 Å². The second kappa shape index (κ2) is 5.47. The van der Waals surface area contributed by atoms with Crippen molar-refractivity contribution in [1.29, 1.82) is 0 Å². The summed E-state index contributed by atoms with van der Waals surface area (Å²) in [6.45, 7) is 1.00. The maximum absolute atomic E-state index is 3.74. The molecule has 1 heterocycles. The van der Waals surface area contributed by atoms with Crippen molar-refractivity contribution in [3.63, 3.8) is 0 Å². The average molecular weight is 291 g/mol. The van der Waals surface area contributed by atoms with Crippen LogP contribution in [0.5, 0.6) is 0 Å². The van der Waals surface area contributed by atoms with E-state index in [4.69, 9.17) is 0 Å². The van der Waals surface area contributed by atoms with Crippen LogP contribution >= 0.6 is 11.3 Å². The lowest BCUT2D eigenvalue weighted by molar-refractivity contribution is 0.616. The molecule has 0 fully saturated rings. The zero-order valence-corrected chi connectivity index (χ0v) is 12.6. The first-order chi connectivity index (χ1) is 10.4. The molecule has 0 spiro atoms. The Morgan fingerprint density at radius 1 is 0.857 bits per heavy atom. The molecular formula is C19H17NS. The molecule has 21 heavy (non-hydrogen) atoms. The maximum atomic E-state index is 3.74.